The Morgan fingerprint density at radius 1 is 1.32 bits per heavy atom. The van der Waals surface area contributed by atoms with E-state index < -0.39 is 0 Å². The fourth-order valence-electron chi connectivity index (χ4n) is 2.77. The maximum absolute atomic E-state index is 5.73. The Morgan fingerprint density at radius 2 is 2.14 bits per heavy atom. The third-order valence-corrected chi connectivity index (χ3v) is 4.34. The maximum Gasteiger partial charge on any atom is 0.213 e. The van der Waals surface area contributed by atoms with Crippen LogP contribution in [0.15, 0.2) is 23.3 Å². The lowest BCUT2D eigenvalue weighted by Gasteiger charge is -2.17. The highest BCUT2D eigenvalue weighted by Crippen LogP contribution is 2.29. The molecule has 0 saturated heterocycles. The minimum absolute atomic E-state index is 0.570. The Balaban J connectivity index is 1.47. The van der Waals surface area contributed by atoms with Crippen molar-refractivity contribution in [2.45, 2.75) is 51.1 Å². The molecule has 2 fully saturated rings. The normalized spacial score (nSPS) is 19.2. The van der Waals surface area contributed by atoms with Gasteiger partial charge in [-0.3, -0.25) is 4.99 Å². The third-order valence-electron chi connectivity index (χ3n) is 4.34. The van der Waals surface area contributed by atoms with Crippen LogP contribution in [0, 0.1) is 5.92 Å². The summed E-state index contributed by atoms with van der Waals surface area (Å²) in [6, 6.07) is 4.60. The SMILES string of the molecule is CN=C(NCc1ccnc(OCC2CC2)c1)NC1CCCC1. The van der Waals surface area contributed by atoms with Crippen molar-refractivity contribution in [3.05, 3.63) is 23.9 Å². The summed E-state index contributed by atoms with van der Waals surface area (Å²) in [5.41, 5.74) is 1.16. The van der Waals surface area contributed by atoms with Crippen LogP contribution in [-0.4, -0.2) is 30.6 Å². The number of nitrogens with zero attached hydrogens (tertiary/aromatic N) is 2. The number of aliphatic imine (C=N–C) groups is 1. The van der Waals surface area contributed by atoms with Crippen LogP contribution in [0.1, 0.15) is 44.1 Å². The van der Waals surface area contributed by atoms with Crippen LogP contribution in [0.5, 0.6) is 5.88 Å². The van der Waals surface area contributed by atoms with Gasteiger partial charge in [0.2, 0.25) is 5.88 Å². The van der Waals surface area contributed by atoms with Gasteiger partial charge in [-0.05, 0) is 43.2 Å². The van der Waals surface area contributed by atoms with Crippen molar-refractivity contribution in [3.8, 4) is 5.88 Å². The summed E-state index contributed by atoms with van der Waals surface area (Å²) < 4.78 is 5.73. The Hall–Kier alpha value is -1.78. The topological polar surface area (TPSA) is 58.5 Å². The van der Waals surface area contributed by atoms with Crippen molar-refractivity contribution in [2.75, 3.05) is 13.7 Å². The van der Waals surface area contributed by atoms with E-state index in [1.165, 1.54) is 38.5 Å². The summed E-state index contributed by atoms with van der Waals surface area (Å²) in [6.45, 7) is 1.53. The number of aromatic nitrogens is 1. The van der Waals surface area contributed by atoms with E-state index in [1.54, 1.807) is 0 Å². The second-order valence-corrected chi connectivity index (χ2v) is 6.31. The lowest BCUT2D eigenvalue weighted by atomic mass is 10.2. The smallest absolute Gasteiger partial charge is 0.213 e. The van der Waals surface area contributed by atoms with Crippen LogP contribution >= 0.6 is 0 Å². The first kappa shape index (κ1) is 15.1. The summed E-state index contributed by atoms with van der Waals surface area (Å²) >= 11 is 0. The lowest BCUT2D eigenvalue weighted by molar-refractivity contribution is 0.288. The van der Waals surface area contributed by atoms with Gasteiger partial charge in [-0.25, -0.2) is 4.98 Å². The summed E-state index contributed by atoms with van der Waals surface area (Å²) in [5.74, 6) is 2.35. The highest BCUT2D eigenvalue weighted by atomic mass is 16.5. The number of guanidine groups is 1. The second-order valence-electron chi connectivity index (χ2n) is 6.31. The third kappa shape index (κ3) is 4.61. The predicted octanol–water partition coefficient (Wildman–Crippen LogP) is 2.48. The molecule has 2 saturated carbocycles. The monoisotopic (exact) mass is 302 g/mol. The van der Waals surface area contributed by atoms with E-state index in [-0.39, 0.29) is 0 Å². The first-order valence-corrected chi connectivity index (χ1v) is 8.38. The average molecular weight is 302 g/mol. The fraction of sp³-hybridized carbons (Fsp3) is 0.647. The van der Waals surface area contributed by atoms with Crippen LogP contribution in [0.2, 0.25) is 0 Å². The summed E-state index contributed by atoms with van der Waals surface area (Å²) in [7, 11) is 1.82. The van der Waals surface area contributed by atoms with Gasteiger partial charge in [-0.2, -0.15) is 0 Å². The molecule has 120 valence electrons. The van der Waals surface area contributed by atoms with Gasteiger partial charge in [0.25, 0.3) is 0 Å². The molecule has 0 aromatic carbocycles. The molecule has 2 aliphatic rings. The van der Waals surface area contributed by atoms with Gasteiger partial charge in [0.1, 0.15) is 0 Å². The summed E-state index contributed by atoms with van der Waals surface area (Å²) in [6.07, 6.45) is 9.53. The molecule has 5 heteroatoms. The Kier molecular flexibility index (Phi) is 5.14. The highest BCUT2D eigenvalue weighted by molar-refractivity contribution is 5.79. The van der Waals surface area contributed by atoms with E-state index in [4.69, 9.17) is 4.74 Å². The number of pyridine rings is 1. The van der Waals surface area contributed by atoms with Crippen molar-refractivity contribution in [1.29, 1.82) is 0 Å². The number of rotatable bonds is 6. The molecule has 0 amide bonds. The molecule has 1 aromatic rings. The van der Waals surface area contributed by atoms with Crippen LogP contribution in [0.25, 0.3) is 0 Å². The van der Waals surface area contributed by atoms with Crippen molar-refractivity contribution in [2.24, 2.45) is 10.9 Å². The molecule has 0 aliphatic heterocycles. The highest BCUT2D eigenvalue weighted by Gasteiger charge is 2.22. The Bertz CT molecular complexity index is 507. The van der Waals surface area contributed by atoms with Crippen molar-refractivity contribution in [3.63, 3.8) is 0 Å². The lowest BCUT2D eigenvalue weighted by Crippen LogP contribution is -2.41. The minimum atomic E-state index is 0.570. The first-order chi connectivity index (χ1) is 10.8. The van der Waals surface area contributed by atoms with E-state index in [0.29, 0.717) is 6.04 Å². The number of nitrogens with one attached hydrogen (secondary N) is 2. The van der Waals surface area contributed by atoms with Crippen molar-refractivity contribution in [1.82, 2.24) is 15.6 Å². The van der Waals surface area contributed by atoms with Gasteiger partial charge in [-0.1, -0.05) is 12.8 Å². The molecule has 5 nitrogen and oxygen atoms in total. The van der Waals surface area contributed by atoms with Gasteiger partial charge < -0.3 is 15.4 Å². The second kappa shape index (κ2) is 7.47. The van der Waals surface area contributed by atoms with E-state index >= 15 is 0 Å². The zero-order valence-corrected chi connectivity index (χ0v) is 13.3. The molecule has 0 radical (unpaired) electrons. The van der Waals surface area contributed by atoms with Crippen LogP contribution in [0.4, 0.5) is 0 Å². The van der Waals surface area contributed by atoms with Gasteiger partial charge in [-0.15, -0.1) is 0 Å². The van der Waals surface area contributed by atoms with E-state index in [0.717, 1.165) is 36.5 Å². The van der Waals surface area contributed by atoms with Gasteiger partial charge in [0.05, 0.1) is 6.61 Å². The summed E-state index contributed by atoms with van der Waals surface area (Å²) in [5, 5.41) is 6.86. The number of hydrogen-bond donors (Lipinski definition) is 2. The van der Waals surface area contributed by atoms with Crippen molar-refractivity contribution < 1.29 is 4.74 Å². The molecule has 0 atom stereocenters. The molecule has 22 heavy (non-hydrogen) atoms. The van der Waals surface area contributed by atoms with Gasteiger partial charge in [0.15, 0.2) is 5.96 Å². The largest absolute Gasteiger partial charge is 0.477 e. The average Bonchev–Trinajstić information content (AvgIpc) is 3.24. The number of ether oxygens (including phenoxy) is 1. The molecule has 0 spiro atoms. The Labute approximate surface area is 132 Å². The quantitative estimate of drug-likeness (QED) is 0.626. The Morgan fingerprint density at radius 3 is 2.86 bits per heavy atom. The standard InChI is InChI=1S/C17H26N4O/c1-18-17(21-15-4-2-3-5-15)20-11-14-8-9-19-16(10-14)22-12-13-6-7-13/h8-10,13,15H,2-7,11-12H2,1H3,(H2,18,20,21). The molecular weight excluding hydrogens is 276 g/mol. The van der Waals surface area contributed by atoms with Gasteiger partial charge >= 0.3 is 0 Å². The van der Waals surface area contributed by atoms with E-state index in [9.17, 15) is 0 Å². The minimum Gasteiger partial charge on any atom is -0.477 e. The zero-order chi connectivity index (χ0) is 15.2. The molecule has 0 unspecified atom stereocenters. The van der Waals surface area contributed by atoms with E-state index in [1.807, 2.05) is 25.4 Å². The predicted molar refractivity (Wildman–Crippen MR) is 88.0 cm³/mol. The van der Waals surface area contributed by atoms with Crippen molar-refractivity contribution >= 4 is 5.96 Å². The molecule has 1 aromatic heterocycles. The molecule has 2 aliphatic carbocycles. The molecule has 0 bridgehead atoms. The zero-order valence-electron chi connectivity index (χ0n) is 13.3. The molecule has 1 heterocycles. The maximum atomic E-state index is 5.73. The van der Waals surface area contributed by atoms with Gasteiger partial charge in [0, 0.05) is 31.9 Å². The van der Waals surface area contributed by atoms with Crippen LogP contribution in [0.3, 0.4) is 0 Å². The van der Waals surface area contributed by atoms with Crippen LogP contribution in [-0.2, 0) is 6.54 Å². The molecule has 2 N–H and O–H groups in total. The van der Waals surface area contributed by atoms with E-state index in [2.05, 4.69) is 20.6 Å². The van der Waals surface area contributed by atoms with Crippen LogP contribution < -0.4 is 15.4 Å². The number of hydrogen-bond acceptors (Lipinski definition) is 3. The molecule has 3 rings (SSSR count). The first-order valence-electron chi connectivity index (χ1n) is 8.38. The summed E-state index contributed by atoms with van der Waals surface area (Å²) in [4.78, 5) is 8.58. The molecular formula is C17H26N4O. The fourth-order valence-corrected chi connectivity index (χ4v) is 2.77.